The van der Waals surface area contributed by atoms with Crippen LogP contribution in [0.2, 0.25) is 0 Å². The molecule has 0 radical (unpaired) electrons. The Balaban J connectivity index is 2.39. The monoisotopic (exact) mass is 145 g/mol. The number of nitrogens with two attached hydrogens (primary N) is 1. The number of morpholine rings is 1. The Morgan fingerprint density at radius 1 is 1.80 bits per heavy atom. The average molecular weight is 145 g/mol. The van der Waals surface area contributed by atoms with Crippen LogP contribution in [0.3, 0.4) is 0 Å². The highest BCUT2D eigenvalue weighted by molar-refractivity contribution is 5.84. The molecule has 0 aliphatic carbocycles. The number of hydrogen-bond donors (Lipinski definition) is 3. The summed E-state index contributed by atoms with van der Waals surface area (Å²) in [6.07, 6.45) is -0.265. The van der Waals surface area contributed by atoms with E-state index in [-0.39, 0.29) is 11.9 Å². The zero-order chi connectivity index (χ0) is 7.40. The highest BCUT2D eigenvalue weighted by atomic mass is 16.5. The van der Waals surface area contributed by atoms with Gasteiger partial charge < -0.3 is 21.0 Å². The Hall–Kier alpha value is -0.810. The highest BCUT2D eigenvalue weighted by Crippen LogP contribution is 1.94. The number of nitrogens with zero attached hydrogens (tertiary/aromatic N) is 1. The van der Waals surface area contributed by atoms with Gasteiger partial charge in [-0.1, -0.05) is 5.16 Å². The minimum absolute atomic E-state index is 0.132. The summed E-state index contributed by atoms with van der Waals surface area (Å²) in [5.74, 6) is 0.132. The maximum absolute atomic E-state index is 8.24. The van der Waals surface area contributed by atoms with Crippen molar-refractivity contribution in [2.75, 3.05) is 19.7 Å². The van der Waals surface area contributed by atoms with Gasteiger partial charge in [-0.25, -0.2) is 0 Å². The molecule has 0 aromatic heterocycles. The van der Waals surface area contributed by atoms with Gasteiger partial charge in [0.05, 0.1) is 6.61 Å². The van der Waals surface area contributed by atoms with E-state index in [1.807, 2.05) is 0 Å². The molecule has 0 bridgehead atoms. The van der Waals surface area contributed by atoms with Gasteiger partial charge in [-0.05, 0) is 0 Å². The van der Waals surface area contributed by atoms with Gasteiger partial charge in [0, 0.05) is 13.1 Å². The molecule has 1 aliphatic heterocycles. The Labute approximate surface area is 58.8 Å². The summed E-state index contributed by atoms with van der Waals surface area (Å²) in [5.41, 5.74) is 5.28. The molecule has 1 saturated heterocycles. The van der Waals surface area contributed by atoms with E-state index in [1.54, 1.807) is 0 Å². The minimum Gasteiger partial charge on any atom is -0.409 e. The smallest absolute Gasteiger partial charge is 0.169 e. The van der Waals surface area contributed by atoms with Gasteiger partial charge in [-0.3, -0.25) is 0 Å². The van der Waals surface area contributed by atoms with Crippen LogP contribution in [0.1, 0.15) is 0 Å². The third kappa shape index (κ3) is 1.58. The predicted octanol–water partition coefficient (Wildman–Crippen LogP) is -1.28. The molecule has 0 aromatic carbocycles. The predicted molar refractivity (Wildman–Crippen MR) is 36.0 cm³/mol. The molecule has 4 N–H and O–H groups in total. The van der Waals surface area contributed by atoms with E-state index in [4.69, 9.17) is 15.7 Å². The number of amidine groups is 1. The van der Waals surface area contributed by atoms with Crippen molar-refractivity contribution in [1.82, 2.24) is 5.32 Å². The molecule has 1 fully saturated rings. The molecular weight excluding hydrogens is 134 g/mol. The number of rotatable bonds is 1. The fraction of sp³-hybridized carbons (Fsp3) is 0.800. The van der Waals surface area contributed by atoms with Crippen molar-refractivity contribution >= 4 is 5.84 Å². The molecule has 1 heterocycles. The zero-order valence-electron chi connectivity index (χ0n) is 5.58. The third-order valence-corrected chi connectivity index (χ3v) is 1.37. The maximum Gasteiger partial charge on any atom is 0.169 e. The summed E-state index contributed by atoms with van der Waals surface area (Å²) in [5, 5.41) is 14.1. The Morgan fingerprint density at radius 2 is 2.60 bits per heavy atom. The van der Waals surface area contributed by atoms with E-state index >= 15 is 0 Å². The van der Waals surface area contributed by atoms with Crippen LogP contribution in [0.25, 0.3) is 0 Å². The van der Waals surface area contributed by atoms with Crippen molar-refractivity contribution in [2.45, 2.75) is 6.10 Å². The van der Waals surface area contributed by atoms with Gasteiger partial charge in [0.1, 0.15) is 6.10 Å². The van der Waals surface area contributed by atoms with Crippen LogP contribution < -0.4 is 11.1 Å². The molecule has 1 atom stereocenters. The lowest BCUT2D eigenvalue weighted by molar-refractivity contribution is 0.0681. The second-order valence-corrected chi connectivity index (χ2v) is 2.09. The molecule has 0 amide bonds. The van der Waals surface area contributed by atoms with Crippen LogP contribution in [-0.2, 0) is 4.74 Å². The quantitative estimate of drug-likeness (QED) is 0.186. The molecule has 5 nitrogen and oxygen atoms in total. The van der Waals surface area contributed by atoms with Crippen LogP contribution in [0.4, 0.5) is 0 Å². The molecule has 58 valence electrons. The molecule has 5 heteroatoms. The molecule has 1 aliphatic rings. The third-order valence-electron chi connectivity index (χ3n) is 1.37. The van der Waals surface area contributed by atoms with E-state index < -0.39 is 0 Å². The lowest BCUT2D eigenvalue weighted by Gasteiger charge is -2.21. The SMILES string of the molecule is N/C(=N\O)C1CNCCO1. The Bertz CT molecular complexity index is 131. The first kappa shape index (κ1) is 7.30. The second-order valence-electron chi connectivity index (χ2n) is 2.09. The van der Waals surface area contributed by atoms with Crippen molar-refractivity contribution in [3.05, 3.63) is 0 Å². The minimum atomic E-state index is -0.265. The summed E-state index contributed by atoms with van der Waals surface area (Å²) in [7, 11) is 0. The van der Waals surface area contributed by atoms with E-state index in [0.29, 0.717) is 13.2 Å². The van der Waals surface area contributed by atoms with Gasteiger partial charge in [-0.15, -0.1) is 0 Å². The molecule has 0 spiro atoms. The van der Waals surface area contributed by atoms with Gasteiger partial charge in [0.15, 0.2) is 5.84 Å². The van der Waals surface area contributed by atoms with Crippen LogP contribution in [-0.4, -0.2) is 36.8 Å². The lowest BCUT2D eigenvalue weighted by atomic mass is 10.3. The zero-order valence-corrected chi connectivity index (χ0v) is 5.58. The van der Waals surface area contributed by atoms with Gasteiger partial charge in [-0.2, -0.15) is 0 Å². The van der Waals surface area contributed by atoms with E-state index in [2.05, 4.69) is 10.5 Å². The summed E-state index contributed by atoms with van der Waals surface area (Å²) in [4.78, 5) is 0. The summed E-state index contributed by atoms with van der Waals surface area (Å²) in [6.45, 7) is 2.06. The van der Waals surface area contributed by atoms with Crippen LogP contribution in [0, 0.1) is 0 Å². The van der Waals surface area contributed by atoms with Crippen molar-refractivity contribution in [1.29, 1.82) is 0 Å². The first-order valence-corrected chi connectivity index (χ1v) is 3.14. The first-order chi connectivity index (χ1) is 4.84. The topological polar surface area (TPSA) is 79.9 Å². The summed E-state index contributed by atoms with van der Waals surface area (Å²) < 4.78 is 5.15. The average Bonchev–Trinajstić information content (AvgIpc) is 2.05. The summed E-state index contributed by atoms with van der Waals surface area (Å²) >= 11 is 0. The van der Waals surface area contributed by atoms with Gasteiger partial charge in [0.25, 0.3) is 0 Å². The second kappa shape index (κ2) is 3.38. The molecule has 0 aromatic rings. The Morgan fingerprint density at radius 3 is 3.10 bits per heavy atom. The Kier molecular flexibility index (Phi) is 2.47. The van der Waals surface area contributed by atoms with Crippen molar-refractivity contribution in [3.63, 3.8) is 0 Å². The maximum atomic E-state index is 8.24. The number of oxime groups is 1. The molecule has 10 heavy (non-hydrogen) atoms. The van der Waals surface area contributed by atoms with Crippen molar-refractivity contribution in [2.24, 2.45) is 10.9 Å². The largest absolute Gasteiger partial charge is 0.409 e. The molecular formula is C5H11N3O2. The molecule has 1 rings (SSSR count). The number of ether oxygens (including phenoxy) is 1. The standard InChI is InChI=1S/C5H11N3O2/c6-5(8-9)4-3-7-1-2-10-4/h4,7,9H,1-3H2,(H2,6,8). The fourth-order valence-electron chi connectivity index (χ4n) is 0.820. The van der Waals surface area contributed by atoms with Crippen LogP contribution in [0.15, 0.2) is 5.16 Å². The number of nitrogens with one attached hydrogen (secondary N) is 1. The van der Waals surface area contributed by atoms with E-state index in [9.17, 15) is 0 Å². The van der Waals surface area contributed by atoms with Gasteiger partial charge >= 0.3 is 0 Å². The fourth-order valence-corrected chi connectivity index (χ4v) is 0.820. The normalized spacial score (nSPS) is 28.4. The van der Waals surface area contributed by atoms with Gasteiger partial charge in [0.2, 0.25) is 0 Å². The highest BCUT2D eigenvalue weighted by Gasteiger charge is 2.16. The van der Waals surface area contributed by atoms with Crippen LogP contribution in [0.5, 0.6) is 0 Å². The molecule has 0 saturated carbocycles. The van der Waals surface area contributed by atoms with Crippen molar-refractivity contribution < 1.29 is 9.94 Å². The van der Waals surface area contributed by atoms with Crippen LogP contribution >= 0.6 is 0 Å². The lowest BCUT2D eigenvalue weighted by Crippen LogP contribution is -2.46. The van der Waals surface area contributed by atoms with Crippen molar-refractivity contribution in [3.8, 4) is 0 Å². The van der Waals surface area contributed by atoms with E-state index in [0.717, 1.165) is 6.54 Å². The van der Waals surface area contributed by atoms with E-state index in [1.165, 1.54) is 0 Å². The molecule has 1 unspecified atom stereocenters. The number of hydrogen-bond acceptors (Lipinski definition) is 4. The summed E-state index contributed by atoms with van der Waals surface area (Å²) in [6, 6.07) is 0. The first-order valence-electron chi connectivity index (χ1n) is 3.14.